The Morgan fingerprint density at radius 1 is 1.17 bits per heavy atom. The van der Waals surface area contributed by atoms with Gasteiger partial charge in [0.2, 0.25) is 0 Å². The van der Waals surface area contributed by atoms with Gasteiger partial charge in [-0.3, -0.25) is 10.1 Å². The quantitative estimate of drug-likeness (QED) is 0.347. The van der Waals surface area contributed by atoms with Crippen molar-refractivity contribution >= 4 is 33.4 Å². The van der Waals surface area contributed by atoms with Gasteiger partial charge < -0.3 is 0 Å². The molecule has 1 aliphatic carbocycles. The summed E-state index contributed by atoms with van der Waals surface area (Å²) in [6.45, 7) is 1.87. The molecule has 4 aromatic heterocycles. The molecule has 0 spiro atoms. The minimum atomic E-state index is -0.268. The Balaban J connectivity index is 1.34. The normalized spacial score (nSPS) is 13.3. The summed E-state index contributed by atoms with van der Waals surface area (Å²) in [5.41, 5.74) is 3.61. The highest BCUT2D eigenvalue weighted by atomic mass is 32.1. The van der Waals surface area contributed by atoms with Gasteiger partial charge in [-0.15, -0.1) is 11.3 Å². The lowest BCUT2D eigenvalue weighted by Crippen LogP contribution is -2.13. The van der Waals surface area contributed by atoms with Gasteiger partial charge >= 0.3 is 0 Å². The van der Waals surface area contributed by atoms with Crippen molar-refractivity contribution < 1.29 is 9.18 Å². The summed E-state index contributed by atoms with van der Waals surface area (Å²) in [6, 6.07) is 14.0. The Morgan fingerprint density at radius 3 is 2.83 bits per heavy atom. The first kappa shape index (κ1) is 21.5. The minimum absolute atomic E-state index is 0.255. The summed E-state index contributed by atoms with van der Waals surface area (Å²) in [7, 11) is 0. The number of anilines is 1. The number of benzene rings is 1. The van der Waals surface area contributed by atoms with E-state index in [1.165, 1.54) is 23.5 Å². The van der Waals surface area contributed by atoms with Crippen molar-refractivity contribution in [2.45, 2.75) is 32.1 Å². The topological polar surface area (TPSA) is 85.6 Å². The summed E-state index contributed by atoms with van der Waals surface area (Å²) in [6.07, 6.45) is 6.10. The van der Waals surface area contributed by atoms with Crippen LogP contribution in [0.15, 0.2) is 60.9 Å². The Bertz CT molecular complexity index is 1560. The second-order valence-corrected chi connectivity index (χ2v) is 9.76. The van der Waals surface area contributed by atoms with E-state index in [2.05, 4.69) is 20.4 Å². The molecular formula is C26H21FN6OS. The van der Waals surface area contributed by atoms with Gasteiger partial charge in [-0.25, -0.2) is 19.3 Å². The minimum Gasteiger partial charge on any atom is -0.298 e. The average molecular weight is 485 g/mol. The van der Waals surface area contributed by atoms with Crippen LogP contribution in [-0.4, -0.2) is 30.6 Å². The summed E-state index contributed by atoms with van der Waals surface area (Å²) in [5, 5.41) is 8.80. The maximum atomic E-state index is 13.5. The van der Waals surface area contributed by atoms with E-state index in [4.69, 9.17) is 4.98 Å². The van der Waals surface area contributed by atoms with Crippen molar-refractivity contribution in [1.82, 2.24) is 24.7 Å². The maximum absolute atomic E-state index is 13.5. The van der Waals surface area contributed by atoms with Crippen molar-refractivity contribution in [2.75, 3.05) is 5.32 Å². The molecule has 9 heteroatoms. The number of halogens is 1. The lowest BCUT2D eigenvalue weighted by molar-refractivity contribution is 0.102. The molecule has 1 N–H and O–H groups in total. The number of fused-ring (bicyclic) bond motifs is 1. The summed E-state index contributed by atoms with van der Waals surface area (Å²) < 4.78 is 15.2. The maximum Gasteiger partial charge on any atom is 0.258 e. The molecule has 0 saturated heterocycles. The number of aryl methyl sites for hydroxylation is 1. The molecule has 5 aromatic rings. The van der Waals surface area contributed by atoms with Gasteiger partial charge in [0.15, 0.2) is 16.6 Å². The van der Waals surface area contributed by atoms with Crippen LogP contribution in [-0.2, 0) is 6.42 Å². The van der Waals surface area contributed by atoms with E-state index in [1.54, 1.807) is 23.1 Å². The largest absolute Gasteiger partial charge is 0.298 e. The van der Waals surface area contributed by atoms with Crippen LogP contribution < -0.4 is 5.32 Å². The van der Waals surface area contributed by atoms with E-state index in [0.29, 0.717) is 45.6 Å². The van der Waals surface area contributed by atoms with Gasteiger partial charge in [-0.05, 0) is 55.7 Å². The molecule has 0 unspecified atom stereocenters. The average Bonchev–Trinajstić information content (AvgIpc) is 3.54. The van der Waals surface area contributed by atoms with Crippen molar-refractivity contribution in [2.24, 2.45) is 0 Å². The molecule has 6 rings (SSSR count). The molecule has 4 heterocycles. The molecule has 1 aromatic carbocycles. The van der Waals surface area contributed by atoms with Gasteiger partial charge in [0.25, 0.3) is 5.91 Å². The molecule has 1 saturated carbocycles. The second-order valence-electron chi connectivity index (χ2n) is 8.65. The van der Waals surface area contributed by atoms with Gasteiger partial charge in [-0.2, -0.15) is 9.78 Å². The molecule has 0 atom stereocenters. The van der Waals surface area contributed by atoms with Crippen LogP contribution in [0.25, 0.3) is 16.9 Å². The van der Waals surface area contributed by atoms with E-state index in [-0.39, 0.29) is 11.7 Å². The summed E-state index contributed by atoms with van der Waals surface area (Å²) >= 11 is 1.38. The standard InChI is InChI=1S/C26H21FN6OS/c1-15-23-20(25(34)31-26-29-14-19(35-26)12-16-5-4-6-18(27)11-16)13-21(17-8-9-17)30-24(23)33(32-15)22-7-2-3-10-28-22/h2-7,10-11,13-14,17H,8-9,12H2,1H3,(H,29,31,34). The second kappa shape index (κ2) is 8.66. The van der Waals surface area contributed by atoms with E-state index < -0.39 is 0 Å². The highest BCUT2D eigenvalue weighted by molar-refractivity contribution is 7.15. The number of hydrogen-bond donors (Lipinski definition) is 1. The monoisotopic (exact) mass is 484 g/mol. The molecule has 174 valence electrons. The van der Waals surface area contributed by atoms with Crippen LogP contribution in [0.1, 0.15) is 50.9 Å². The number of hydrogen-bond acceptors (Lipinski definition) is 6. The van der Waals surface area contributed by atoms with Crippen LogP contribution in [0, 0.1) is 12.7 Å². The van der Waals surface area contributed by atoms with Crippen molar-refractivity contribution in [3.63, 3.8) is 0 Å². The fourth-order valence-corrected chi connectivity index (χ4v) is 5.02. The molecule has 7 nitrogen and oxygen atoms in total. The van der Waals surface area contributed by atoms with Crippen LogP contribution in [0.2, 0.25) is 0 Å². The van der Waals surface area contributed by atoms with E-state index in [9.17, 15) is 9.18 Å². The van der Waals surface area contributed by atoms with Crippen LogP contribution >= 0.6 is 11.3 Å². The number of nitrogens with one attached hydrogen (secondary N) is 1. The number of rotatable bonds is 6. The number of aromatic nitrogens is 5. The lowest BCUT2D eigenvalue weighted by Gasteiger charge is -2.08. The third-order valence-electron chi connectivity index (χ3n) is 5.98. The number of thiazole rings is 1. The van der Waals surface area contributed by atoms with Crippen LogP contribution in [0.3, 0.4) is 0 Å². The van der Waals surface area contributed by atoms with Crippen molar-refractivity contribution in [3.8, 4) is 5.82 Å². The third-order valence-corrected chi connectivity index (χ3v) is 6.89. The number of carbonyl (C=O) groups is 1. The number of carbonyl (C=O) groups excluding carboxylic acids is 1. The fourth-order valence-electron chi connectivity index (χ4n) is 4.17. The fraction of sp³-hybridized carbons (Fsp3) is 0.192. The van der Waals surface area contributed by atoms with E-state index in [0.717, 1.165) is 29.0 Å². The molecule has 0 radical (unpaired) electrons. The lowest BCUT2D eigenvalue weighted by atomic mass is 10.1. The third kappa shape index (κ3) is 4.30. The first-order valence-electron chi connectivity index (χ1n) is 11.4. The SMILES string of the molecule is Cc1nn(-c2ccccn2)c2nc(C3CC3)cc(C(=O)Nc3ncc(Cc4cccc(F)c4)s3)c12. The van der Waals surface area contributed by atoms with Gasteiger partial charge in [0.05, 0.1) is 16.6 Å². The predicted octanol–water partition coefficient (Wildman–Crippen LogP) is 5.44. The highest BCUT2D eigenvalue weighted by Crippen LogP contribution is 2.41. The molecule has 1 amide bonds. The molecule has 0 bridgehead atoms. The number of pyridine rings is 2. The van der Waals surface area contributed by atoms with Gasteiger partial charge in [-0.1, -0.05) is 18.2 Å². The smallest absolute Gasteiger partial charge is 0.258 e. The number of amides is 1. The zero-order chi connectivity index (χ0) is 23.9. The number of nitrogens with zero attached hydrogens (tertiary/aromatic N) is 5. The zero-order valence-electron chi connectivity index (χ0n) is 18.9. The Labute approximate surface area is 204 Å². The van der Waals surface area contributed by atoms with E-state index >= 15 is 0 Å². The predicted molar refractivity (Wildman–Crippen MR) is 133 cm³/mol. The van der Waals surface area contributed by atoms with Crippen molar-refractivity contribution in [3.05, 3.63) is 94.1 Å². The molecule has 0 aliphatic heterocycles. The Hall–Kier alpha value is -3.98. The van der Waals surface area contributed by atoms with Crippen molar-refractivity contribution in [1.29, 1.82) is 0 Å². The summed E-state index contributed by atoms with van der Waals surface area (Å²) in [5.74, 6) is 0.486. The Morgan fingerprint density at radius 2 is 2.06 bits per heavy atom. The molecule has 35 heavy (non-hydrogen) atoms. The summed E-state index contributed by atoms with van der Waals surface area (Å²) in [4.78, 5) is 28.1. The van der Waals surface area contributed by atoms with E-state index in [1.807, 2.05) is 37.3 Å². The van der Waals surface area contributed by atoms with Gasteiger partial charge in [0.1, 0.15) is 5.82 Å². The van der Waals surface area contributed by atoms with Crippen LogP contribution in [0.4, 0.5) is 9.52 Å². The Kier molecular flexibility index (Phi) is 5.33. The molecule has 1 aliphatic rings. The first-order valence-corrected chi connectivity index (χ1v) is 12.2. The highest BCUT2D eigenvalue weighted by Gasteiger charge is 2.29. The molecular weight excluding hydrogens is 463 g/mol. The zero-order valence-corrected chi connectivity index (χ0v) is 19.7. The molecule has 1 fully saturated rings. The van der Waals surface area contributed by atoms with Gasteiger partial charge in [0, 0.05) is 35.3 Å². The van der Waals surface area contributed by atoms with Crippen LogP contribution in [0.5, 0.6) is 0 Å². The first-order chi connectivity index (χ1) is 17.0.